The SMILES string of the molecule is CCN(CC)Cc1ccccc1N=C1CCN(c2ccccc2)N1. The minimum Gasteiger partial charge on any atom is -0.300 e. The lowest BCUT2D eigenvalue weighted by Gasteiger charge is -2.19. The summed E-state index contributed by atoms with van der Waals surface area (Å²) >= 11 is 0. The Morgan fingerprint density at radius 1 is 1.00 bits per heavy atom. The van der Waals surface area contributed by atoms with Crippen LogP contribution in [0.5, 0.6) is 0 Å². The van der Waals surface area contributed by atoms with E-state index in [1.807, 2.05) is 6.07 Å². The highest BCUT2D eigenvalue weighted by Gasteiger charge is 2.17. The molecule has 1 fully saturated rings. The van der Waals surface area contributed by atoms with Gasteiger partial charge < -0.3 is 0 Å². The third-order valence-corrected chi connectivity index (χ3v) is 4.44. The van der Waals surface area contributed by atoms with Crippen molar-refractivity contribution in [2.24, 2.45) is 4.99 Å². The molecule has 0 aliphatic carbocycles. The zero-order valence-electron chi connectivity index (χ0n) is 14.6. The Kier molecular flexibility index (Phi) is 5.49. The minimum atomic E-state index is 0.939. The lowest BCUT2D eigenvalue weighted by molar-refractivity contribution is 0.296. The fraction of sp³-hybridized carbons (Fsp3) is 0.350. The van der Waals surface area contributed by atoms with Crippen LogP contribution in [0, 0.1) is 0 Å². The number of hydrogen-bond donors (Lipinski definition) is 1. The normalized spacial score (nSPS) is 16.0. The molecule has 0 atom stereocenters. The molecule has 0 amide bonds. The number of amidine groups is 1. The third kappa shape index (κ3) is 3.95. The molecule has 1 heterocycles. The van der Waals surface area contributed by atoms with Crippen LogP contribution < -0.4 is 10.4 Å². The van der Waals surface area contributed by atoms with E-state index < -0.39 is 0 Å². The minimum absolute atomic E-state index is 0.939. The molecule has 3 rings (SSSR count). The number of aliphatic imine (C=N–C) groups is 1. The number of rotatable bonds is 6. The summed E-state index contributed by atoms with van der Waals surface area (Å²) < 4.78 is 0. The quantitative estimate of drug-likeness (QED) is 0.873. The largest absolute Gasteiger partial charge is 0.300 e. The van der Waals surface area contributed by atoms with E-state index in [1.54, 1.807) is 0 Å². The lowest BCUT2D eigenvalue weighted by Crippen LogP contribution is -2.32. The molecule has 0 saturated carbocycles. The standard InChI is InChI=1S/C20H26N4/c1-3-23(4-2)16-17-10-8-9-13-19(17)21-20-14-15-24(22-20)18-11-6-5-7-12-18/h5-13H,3-4,14-16H2,1-2H3,(H,21,22). The van der Waals surface area contributed by atoms with E-state index in [-0.39, 0.29) is 0 Å². The molecular weight excluding hydrogens is 296 g/mol. The Labute approximate surface area is 144 Å². The van der Waals surface area contributed by atoms with Gasteiger partial charge in [-0.1, -0.05) is 50.2 Å². The van der Waals surface area contributed by atoms with E-state index in [2.05, 4.69) is 77.7 Å². The van der Waals surface area contributed by atoms with Crippen molar-refractivity contribution in [3.05, 3.63) is 60.2 Å². The van der Waals surface area contributed by atoms with Crippen LogP contribution in [0.25, 0.3) is 0 Å². The maximum Gasteiger partial charge on any atom is 0.123 e. The fourth-order valence-corrected chi connectivity index (χ4v) is 2.95. The van der Waals surface area contributed by atoms with Gasteiger partial charge in [0.05, 0.1) is 11.4 Å². The Morgan fingerprint density at radius 3 is 2.46 bits per heavy atom. The van der Waals surface area contributed by atoms with Gasteiger partial charge >= 0.3 is 0 Å². The summed E-state index contributed by atoms with van der Waals surface area (Å²) in [7, 11) is 0. The number of hydrogen-bond acceptors (Lipinski definition) is 3. The second-order valence-electron chi connectivity index (χ2n) is 6.00. The summed E-state index contributed by atoms with van der Waals surface area (Å²) in [6.07, 6.45) is 0.939. The summed E-state index contributed by atoms with van der Waals surface area (Å²) in [5, 5.41) is 2.16. The van der Waals surface area contributed by atoms with Gasteiger partial charge in [0.15, 0.2) is 0 Å². The van der Waals surface area contributed by atoms with Crippen LogP contribution in [0.3, 0.4) is 0 Å². The molecule has 0 spiro atoms. The molecule has 4 heteroatoms. The highest BCUT2D eigenvalue weighted by molar-refractivity contribution is 5.89. The Morgan fingerprint density at radius 2 is 1.71 bits per heavy atom. The van der Waals surface area contributed by atoms with E-state index in [0.717, 1.165) is 44.1 Å². The molecule has 0 radical (unpaired) electrons. The molecule has 1 aliphatic heterocycles. The topological polar surface area (TPSA) is 30.9 Å². The molecule has 2 aromatic carbocycles. The summed E-state index contributed by atoms with van der Waals surface area (Å²) in [5.41, 5.74) is 6.97. The van der Waals surface area contributed by atoms with Crippen LogP contribution in [-0.2, 0) is 6.54 Å². The molecule has 0 bridgehead atoms. The number of para-hydroxylation sites is 2. The number of nitrogens with one attached hydrogen (secondary N) is 1. The van der Waals surface area contributed by atoms with Crippen LogP contribution in [0.15, 0.2) is 59.6 Å². The maximum absolute atomic E-state index is 4.89. The molecule has 24 heavy (non-hydrogen) atoms. The molecule has 1 saturated heterocycles. The van der Waals surface area contributed by atoms with Crippen molar-refractivity contribution in [1.29, 1.82) is 0 Å². The molecule has 4 nitrogen and oxygen atoms in total. The predicted octanol–water partition coefficient (Wildman–Crippen LogP) is 3.97. The van der Waals surface area contributed by atoms with Gasteiger partial charge in [-0.15, -0.1) is 0 Å². The first-order valence-electron chi connectivity index (χ1n) is 8.77. The number of anilines is 1. The van der Waals surface area contributed by atoms with Gasteiger partial charge in [-0.25, -0.2) is 4.99 Å². The first kappa shape index (κ1) is 16.5. The maximum atomic E-state index is 4.89. The second kappa shape index (κ2) is 7.97. The van der Waals surface area contributed by atoms with Crippen LogP contribution >= 0.6 is 0 Å². The number of nitrogens with zero attached hydrogens (tertiary/aromatic N) is 3. The summed E-state index contributed by atoms with van der Waals surface area (Å²) in [4.78, 5) is 7.31. The number of hydrazine groups is 1. The Bertz CT molecular complexity index is 677. The summed E-state index contributed by atoms with van der Waals surface area (Å²) in [6, 6.07) is 18.8. The average Bonchev–Trinajstić information content (AvgIpc) is 3.10. The average molecular weight is 322 g/mol. The highest BCUT2D eigenvalue weighted by Crippen LogP contribution is 2.23. The smallest absolute Gasteiger partial charge is 0.123 e. The molecule has 2 aromatic rings. The fourth-order valence-electron chi connectivity index (χ4n) is 2.95. The van der Waals surface area contributed by atoms with Crippen LogP contribution in [0.4, 0.5) is 11.4 Å². The van der Waals surface area contributed by atoms with Gasteiger partial charge in [0, 0.05) is 19.5 Å². The van der Waals surface area contributed by atoms with E-state index in [9.17, 15) is 0 Å². The molecular formula is C20H26N4. The van der Waals surface area contributed by atoms with Gasteiger partial charge in [0.1, 0.15) is 5.84 Å². The third-order valence-electron chi connectivity index (χ3n) is 4.44. The van der Waals surface area contributed by atoms with Gasteiger partial charge in [-0.2, -0.15) is 0 Å². The second-order valence-corrected chi connectivity index (χ2v) is 6.00. The summed E-state index contributed by atoms with van der Waals surface area (Å²) in [6.45, 7) is 8.41. The van der Waals surface area contributed by atoms with Crippen molar-refractivity contribution in [3.8, 4) is 0 Å². The van der Waals surface area contributed by atoms with Gasteiger partial charge in [0.25, 0.3) is 0 Å². The van der Waals surface area contributed by atoms with Crippen molar-refractivity contribution >= 4 is 17.2 Å². The first-order valence-corrected chi connectivity index (χ1v) is 8.77. The van der Waals surface area contributed by atoms with Crippen LogP contribution in [0.2, 0.25) is 0 Å². The zero-order chi connectivity index (χ0) is 16.8. The first-order chi connectivity index (χ1) is 11.8. The van der Waals surface area contributed by atoms with Crippen molar-refractivity contribution in [3.63, 3.8) is 0 Å². The van der Waals surface area contributed by atoms with E-state index in [4.69, 9.17) is 4.99 Å². The van der Waals surface area contributed by atoms with Crippen molar-refractivity contribution in [2.45, 2.75) is 26.8 Å². The molecule has 126 valence electrons. The van der Waals surface area contributed by atoms with Gasteiger partial charge in [-0.3, -0.25) is 15.3 Å². The highest BCUT2D eigenvalue weighted by atomic mass is 15.5. The molecule has 0 aromatic heterocycles. The molecule has 1 N–H and O–H groups in total. The molecule has 0 unspecified atom stereocenters. The monoisotopic (exact) mass is 322 g/mol. The van der Waals surface area contributed by atoms with Crippen LogP contribution in [0.1, 0.15) is 25.8 Å². The van der Waals surface area contributed by atoms with Gasteiger partial charge in [-0.05, 0) is 36.9 Å². The zero-order valence-corrected chi connectivity index (χ0v) is 14.6. The molecule has 1 aliphatic rings. The van der Waals surface area contributed by atoms with Gasteiger partial charge in [0.2, 0.25) is 0 Å². The predicted molar refractivity (Wildman–Crippen MR) is 102 cm³/mol. The van der Waals surface area contributed by atoms with Crippen molar-refractivity contribution in [1.82, 2.24) is 10.3 Å². The Hall–Kier alpha value is -2.33. The van der Waals surface area contributed by atoms with Crippen molar-refractivity contribution < 1.29 is 0 Å². The van der Waals surface area contributed by atoms with Crippen LogP contribution in [-0.4, -0.2) is 30.4 Å². The Balaban J connectivity index is 1.75. The van der Waals surface area contributed by atoms with E-state index >= 15 is 0 Å². The van der Waals surface area contributed by atoms with E-state index in [0.29, 0.717) is 0 Å². The van der Waals surface area contributed by atoms with E-state index in [1.165, 1.54) is 11.3 Å². The summed E-state index contributed by atoms with van der Waals surface area (Å²) in [5.74, 6) is 1.03. The number of benzene rings is 2. The lowest BCUT2D eigenvalue weighted by atomic mass is 10.1. The van der Waals surface area contributed by atoms with Crippen molar-refractivity contribution in [2.75, 3.05) is 24.6 Å².